The lowest BCUT2D eigenvalue weighted by Crippen LogP contribution is -2.30. The molecule has 0 bridgehead atoms. The molecule has 0 amide bonds. The quantitative estimate of drug-likeness (QED) is 0.0262. The Hall–Kier alpha value is -3.41. The maximum absolute atomic E-state index is 12.8. The van der Waals surface area contributed by atoms with E-state index in [2.05, 4.69) is 106 Å². The van der Waals surface area contributed by atoms with Gasteiger partial charge in [0.05, 0.1) is 0 Å². The lowest BCUT2D eigenvalue weighted by molar-refractivity contribution is -0.167. The van der Waals surface area contributed by atoms with Crippen molar-refractivity contribution in [1.82, 2.24) is 0 Å². The minimum Gasteiger partial charge on any atom is -0.462 e. The van der Waals surface area contributed by atoms with Crippen molar-refractivity contribution in [3.05, 3.63) is 85.1 Å². The largest absolute Gasteiger partial charge is 0.462 e. The van der Waals surface area contributed by atoms with E-state index in [1.807, 2.05) is 0 Å². The molecule has 0 radical (unpaired) electrons. The molecule has 0 fully saturated rings. The number of carbonyl (C=O) groups is 3. The summed E-state index contributed by atoms with van der Waals surface area (Å²) in [5.74, 6) is -0.940. The van der Waals surface area contributed by atoms with Crippen molar-refractivity contribution in [2.45, 2.75) is 245 Å². The van der Waals surface area contributed by atoms with Gasteiger partial charge in [-0.05, 0) is 116 Å². The van der Waals surface area contributed by atoms with Gasteiger partial charge in [0.1, 0.15) is 13.2 Å². The van der Waals surface area contributed by atoms with Crippen LogP contribution < -0.4 is 0 Å². The summed E-state index contributed by atoms with van der Waals surface area (Å²) in [4.78, 5) is 38.0. The smallest absolute Gasteiger partial charge is 0.306 e. The van der Waals surface area contributed by atoms with E-state index in [-0.39, 0.29) is 31.1 Å². The highest BCUT2D eigenvalue weighted by atomic mass is 16.6. The van der Waals surface area contributed by atoms with Crippen molar-refractivity contribution in [2.75, 3.05) is 13.2 Å². The van der Waals surface area contributed by atoms with Crippen LogP contribution in [0.2, 0.25) is 0 Å². The minimum atomic E-state index is -0.797. The Balaban J connectivity index is 4.47. The summed E-state index contributed by atoms with van der Waals surface area (Å²) in [6, 6.07) is 0. The topological polar surface area (TPSA) is 78.9 Å². The Labute approximate surface area is 388 Å². The average molecular weight is 877 g/mol. The van der Waals surface area contributed by atoms with Crippen LogP contribution in [-0.4, -0.2) is 37.2 Å². The highest BCUT2D eigenvalue weighted by Crippen LogP contribution is 2.13. The molecule has 63 heavy (non-hydrogen) atoms. The van der Waals surface area contributed by atoms with Gasteiger partial charge in [0.25, 0.3) is 0 Å². The van der Waals surface area contributed by atoms with E-state index < -0.39 is 6.10 Å². The number of unbranched alkanes of at least 4 members (excludes halogenated alkanes) is 21. The third-order valence-corrected chi connectivity index (χ3v) is 10.9. The first kappa shape index (κ1) is 59.6. The first-order valence-corrected chi connectivity index (χ1v) is 26.1. The average Bonchev–Trinajstić information content (AvgIpc) is 3.28. The number of allylic oxidation sites excluding steroid dienone is 14. The predicted octanol–water partition coefficient (Wildman–Crippen LogP) is 17.2. The molecule has 0 aliphatic heterocycles. The molecule has 0 heterocycles. The van der Waals surface area contributed by atoms with Gasteiger partial charge >= 0.3 is 17.9 Å². The van der Waals surface area contributed by atoms with Gasteiger partial charge in [-0.1, -0.05) is 189 Å². The Kier molecular flexibility index (Phi) is 48.5. The fraction of sp³-hybridized carbons (Fsp3) is 0.702. The molecule has 6 heteroatoms. The molecule has 0 aromatic rings. The van der Waals surface area contributed by atoms with Crippen LogP contribution >= 0.6 is 0 Å². The summed E-state index contributed by atoms with van der Waals surface area (Å²) in [5, 5.41) is 0. The summed E-state index contributed by atoms with van der Waals surface area (Å²) < 4.78 is 16.8. The second-order valence-electron chi connectivity index (χ2n) is 17.0. The molecule has 0 aromatic heterocycles. The van der Waals surface area contributed by atoms with Gasteiger partial charge < -0.3 is 14.2 Å². The number of hydrogen-bond acceptors (Lipinski definition) is 6. The van der Waals surface area contributed by atoms with E-state index in [0.29, 0.717) is 19.3 Å². The van der Waals surface area contributed by atoms with E-state index in [1.165, 1.54) is 51.4 Å². The molecule has 1 atom stereocenters. The predicted molar refractivity (Wildman–Crippen MR) is 270 cm³/mol. The zero-order chi connectivity index (χ0) is 45.8. The summed E-state index contributed by atoms with van der Waals surface area (Å²) >= 11 is 0. The maximum Gasteiger partial charge on any atom is 0.306 e. The van der Waals surface area contributed by atoms with E-state index >= 15 is 0 Å². The monoisotopic (exact) mass is 877 g/mol. The maximum atomic E-state index is 12.8. The number of esters is 3. The van der Waals surface area contributed by atoms with Crippen molar-refractivity contribution in [3.8, 4) is 0 Å². The molecule has 0 N–H and O–H groups in total. The van der Waals surface area contributed by atoms with Gasteiger partial charge in [0, 0.05) is 19.3 Å². The molecule has 0 aliphatic carbocycles. The molecular formula is C57H96O6. The highest BCUT2D eigenvalue weighted by molar-refractivity contribution is 5.71. The van der Waals surface area contributed by atoms with Crippen molar-refractivity contribution < 1.29 is 28.6 Å². The zero-order valence-electron chi connectivity index (χ0n) is 41.1. The van der Waals surface area contributed by atoms with Crippen LogP contribution in [0.25, 0.3) is 0 Å². The SMILES string of the molecule is CC/C=C\C/C=C\C/C=C\CCCCCCCC(=O)OCC(COC(=O)CCCCCCC/C=C\C/C=C\CCCCC)OC(=O)CCCCCCC/C=C/C/C=C/CCCCC. The molecule has 0 saturated heterocycles. The summed E-state index contributed by atoms with van der Waals surface area (Å²) in [5.41, 5.74) is 0. The van der Waals surface area contributed by atoms with E-state index in [9.17, 15) is 14.4 Å². The first-order valence-electron chi connectivity index (χ1n) is 26.1. The van der Waals surface area contributed by atoms with Crippen molar-refractivity contribution in [2.24, 2.45) is 0 Å². The second kappa shape index (κ2) is 51.2. The third kappa shape index (κ3) is 49.5. The van der Waals surface area contributed by atoms with Crippen LogP contribution in [0.15, 0.2) is 85.1 Å². The second-order valence-corrected chi connectivity index (χ2v) is 17.0. The molecule has 0 aromatic carbocycles. The zero-order valence-corrected chi connectivity index (χ0v) is 41.1. The fourth-order valence-electron chi connectivity index (χ4n) is 6.93. The van der Waals surface area contributed by atoms with E-state index in [0.717, 1.165) is 148 Å². The summed E-state index contributed by atoms with van der Waals surface area (Å²) in [6.07, 6.45) is 65.6. The van der Waals surface area contributed by atoms with Gasteiger partial charge in [0.15, 0.2) is 6.10 Å². The third-order valence-electron chi connectivity index (χ3n) is 10.9. The Morgan fingerprint density at radius 1 is 0.333 bits per heavy atom. The number of hydrogen-bond donors (Lipinski definition) is 0. The van der Waals surface area contributed by atoms with Gasteiger partial charge in [-0.15, -0.1) is 0 Å². The van der Waals surface area contributed by atoms with Gasteiger partial charge in [-0.25, -0.2) is 0 Å². The highest BCUT2D eigenvalue weighted by Gasteiger charge is 2.19. The molecule has 0 saturated carbocycles. The molecular weight excluding hydrogens is 781 g/mol. The molecule has 0 aliphatic rings. The van der Waals surface area contributed by atoms with Crippen LogP contribution in [0.5, 0.6) is 0 Å². The number of ether oxygens (including phenoxy) is 3. The van der Waals surface area contributed by atoms with Gasteiger partial charge in [-0.2, -0.15) is 0 Å². The number of rotatable bonds is 46. The molecule has 6 nitrogen and oxygen atoms in total. The Morgan fingerprint density at radius 2 is 0.619 bits per heavy atom. The van der Waals surface area contributed by atoms with Crippen molar-refractivity contribution >= 4 is 17.9 Å². The van der Waals surface area contributed by atoms with Gasteiger partial charge in [0.2, 0.25) is 0 Å². The van der Waals surface area contributed by atoms with Crippen LogP contribution in [0.3, 0.4) is 0 Å². The van der Waals surface area contributed by atoms with E-state index in [4.69, 9.17) is 14.2 Å². The Bertz CT molecular complexity index is 1240. The van der Waals surface area contributed by atoms with Gasteiger partial charge in [-0.3, -0.25) is 14.4 Å². The lowest BCUT2D eigenvalue weighted by atomic mass is 10.1. The van der Waals surface area contributed by atoms with Crippen LogP contribution in [0, 0.1) is 0 Å². The summed E-state index contributed by atoms with van der Waals surface area (Å²) in [7, 11) is 0. The fourth-order valence-corrected chi connectivity index (χ4v) is 6.93. The van der Waals surface area contributed by atoms with Crippen LogP contribution in [-0.2, 0) is 28.6 Å². The molecule has 0 rings (SSSR count). The standard InChI is InChI=1S/C57H96O6/c1-4-7-10-13-16-19-22-25-28-31-34-37-40-43-46-49-55(58)61-52-54(63-57(60)51-48-45-42-39-36-33-30-27-24-21-18-15-12-9-6-3)53-62-56(59)50-47-44-41-38-35-32-29-26-23-20-17-14-11-8-5-2/h7,10,16-21,25-30,54H,4-6,8-9,11-15,22-24,31-53H2,1-3H3/b10-7-,19-16-,20-17-,21-18+,28-25-,29-26-,30-27+. The number of carbonyl (C=O) groups excluding carboxylic acids is 3. The van der Waals surface area contributed by atoms with Crippen molar-refractivity contribution in [3.63, 3.8) is 0 Å². The first-order chi connectivity index (χ1) is 31.0. The molecule has 360 valence electrons. The lowest BCUT2D eigenvalue weighted by Gasteiger charge is -2.18. The minimum absolute atomic E-state index is 0.0959. The van der Waals surface area contributed by atoms with E-state index in [1.54, 1.807) is 0 Å². The van der Waals surface area contributed by atoms with Crippen LogP contribution in [0.1, 0.15) is 239 Å². The van der Waals surface area contributed by atoms with Crippen molar-refractivity contribution in [1.29, 1.82) is 0 Å². The molecule has 1 unspecified atom stereocenters. The molecule has 0 spiro atoms. The summed E-state index contributed by atoms with van der Waals surface area (Å²) in [6.45, 7) is 6.43. The van der Waals surface area contributed by atoms with Crippen LogP contribution in [0.4, 0.5) is 0 Å². The Morgan fingerprint density at radius 3 is 0.968 bits per heavy atom. The normalized spacial score (nSPS) is 12.7.